The number of ether oxygens (including phenoxy) is 1. The summed E-state index contributed by atoms with van der Waals surface area (Å²) in [6, 6.07) is 14.2. The minimum absolute atomic E-state index is 0.267. The molecule has 0 radical (unpaired) electrons. The maximum absolute atomic E-state index is 12.4. The lowest BCUT2D eigenvalue weighted by atomic mass is 10.2. The molecule has 1 N–H and O–H groups in total. The number of anilines is 1. The van der Waals surface area contributed by atoms with Crippen LogP contribution >= 0.6 is 11.6 Å². The monoisotopic (exact) mass is 383 g/mol. The predicted octanol–water partition coefficient (Wildman–Crippen LogP) is 4.67. The van der Waals surface area contributed by atoms with Crippen molar-refractivity contribution in [2.24, 2.45) is 0 Å². The molecule has 6 nitrogen and oxygen atoms in total. The van der Waals surface area contributed by atoms with Crippen LogP contribution in [0.2, 0.25) is 5.02 Å². The van der Waals surface area contributed by atoms with Crippen molar-refractivity contribution < 1.29 is 14.1 Å². The molecule has 1 saturated carbocycles. The number of carbonyl (C=O) groups excluding carboxylic acids is 1. The van der Waals surface area contributed by atoms with Crippen molar-refractivity contribution in [3.05, 3.63) is 59.4 Å². The Hall–Kier alpha value is -2.86. The molecule has 27 heavy (non-hydrogen) atoms. The summed E-state index contributed by atoms with van der Waals surface area (Å²) >= 11 is 5.94. The molecule has 1 aliphatic carbocycles. The molecule has 0 bridgehead atoms. The van der Waals surface area contributed by atoms with Crippen molar-refractivity contribution in [1.29, 1.82) is 0 Å². The van der Waals surface area contributed by atoms with Gasteiger partial charge in [0.05, 0.1) is 0 Å². The van der Waals surface area contributed by atoms with Gasteiger partial charge in [0.15, 0.2) is 11.9 Å². The number of halogens is 1. The minimum atomic E-state index is -0.683. The molecule has 0 saturated heterocycles. The molecule has 4 rings (SSSR count). The smallest absolute Gasteiger partial charge is 0.265 e. The predicted molar refractivity (Wildman–Crippen MR) is 102 cm³/mol. The summed E-state index contributed by atoms with van der Waals surface area (Å²) in [5.41, 5.74) is 1.39. The highest BCUT2D eigenvalue weighted by Gasteiger charge is 2.29. The van der Waals surface area contributed by atoms with Crippen LogP contribution < -0.4 is 10.1 Å². The number of rotatable bonds is 6. The van der Waals surface area contributed by atoms with Crippen LogP contribution in [-0.2, 0) is 4.79 Å². The van der Waals surface area contributed by atoms with Crippen LogP contribution in [0, 0.1) is 0 Å². The molecule has 7 heteroatoms. The summed E-state index contributed by atoms with van der Waals surface area (Å²) in [6.45, 7) is 1.68. The summed E-state index contributed by atoms with van der Waals surface area (Å²) in [5, 5.41) is 7.42. The Bertz CT molecular complexity index is 968. The van der Waals surface area contributed by atoms with E-state index in [9.17, 15) is 4.79 Å². The third kappa shape index (κ3) is 4.28. The van der Waals surface area contributed by atoms with E-state index in [0.717, 1.165) is 24.2 Å². The molecule has 138 valence electrons. The van der Waals surface area contributed by atoms with Gasteiger partial charge in [-0.25, -0.2) is 0 Å². The van der Waals surface area contributed by atoms with E-state index in [0.29, 0.717) is 28.3 Å². The first kappa shape index (κ1) is 17.5. The van der Waals surface area contributed by atoms with Crippen molar-refractivity contribution in [1.82, 2.24) is 10.1 Å². The average Bonchev–Trinajstić information content (AvgIpc) is 3.39. The zero-order chi connectivity index (χ0) is 18.8. The summed E-state index contributed by atoms with van der Waals surface area (Å²) in [6.07, 6.45) is 1.54. The van der Waals surface area contributed by atoms with Crippen molar-refractivity contribution in [2.45, 2.75) is 31.8 Å². The SMILES string of the molecule is C[C@H](Oc1cccc(Cl)c1)C(=O)Nc1cccc(-c2nc(C3CC3)no2)c1. The van der Waals surface area contributed by atoms with Crippen LogP contribution in [0.1, 0.15) is 31.5 Å². The van der Waals surface area contributed by atoms with E-state index in [4.69, 9.17) is 20.9 Å². The summed E-state index contributed by atoms with van der Waals surface area (Å²) < 4.78 is 11.0. The fraction of sp³-hybridized carbons (Fsp3) is 0.250. The molecule has 1 aromatic heterocycles. The lowest BCUT2D eigenvalue weighted by Gasteiger charge is -2.15. The first-order chi connectivity index (χ1) is 13.1. The Morgan fingerprint density at radius 2 is 2.07 bits per heavy atom. The Kier molecular flexibility index (Phi) is 4.81. The van der Waals surface area contributed by atoms with Crippen molar-refractivity contribution in [2.75, 3.05) is 5.32 Å². The van der Waals surface area contributed by atoms with Gasteiger partial charge in [-0.05, 0) is 56.2 Å². The van der Waals surface area contributed by atoms with E-state index < -0.39 is 6.10 Å². The van der Waals surface area contributed by atoms with Crippen molar-refractivity contribution in [3.8, 4) is 17.2 Å². The van der Waals surface area contributed by atoms with Gasteiger partial charge in [0.25, 0.3) is 11.8 Å². The van der Waals surface area contributed by atoms with Gasteiger partial charge in [0, 0.05) is 22.2 Å². The fourth-order valence-corrected chi connectivity index (χ4v) is 2.81. The van der Waals surface area contributed by atoms with E-state index in [1.807, 2.05) is 12.1 Å². The maximum atomic E-state index is 12.4. The fourth-order valence-electron chi connectivity index (χ4n) is 2.63. The first-order valence-corrected chi connectivity index (χ1v) is 9.13. The average molecular weight is 384 g/mol. The van der Waals surface area contributed by atoms with Crippen LogP contribution in [0.4, 0.5) is 5.69 Å². The second kappa shape index (κ2) is 7.40. The molecule has 0 spiro atoms. The standard InChI is InChI=1S/C20H18ClN3O3/c1-12(26-17-7-3-5-15(21)11-17)19(25)22-16-6-2-4-14(10-16)20-23-18(24-27-20)13-8-9-13/h2-7,10-13H,8-9H2,1H3,(H,22,25)/t12-/m0/s1. The second-order valence-electron chi connectivity index (χ2n) is 6.52. The van der Waals surface area contributed by atoms with Gasteiger partial charge in [0.2, 0.25) is 0 Å². The molecule has 1 aliphatic rings. The molecule has 1 amide bonds. The molecular weight excluding hydrogens is 366 g/mol. The molecule has 0 unspecified atom stereocenters. The highest BCUT2D eigenvalue weighted by Crippen LogP contribution is 2.39. The zero-order valence-corrected chi connectivity index (χ0v) is 15.4. The number of amides is 1. The molecular formula is C20H18ClN3O3. The lowest BCUT2D eigenvalue weighted by molar-refractivity contribution is -0.122. The quantitative estimate of drug-likeness (QED) is 0.669. The topological polar surface area (TPSA) is 77.2 Å². The number of hydrogen-bond acceptors (Lipinski definition) is 5. The molecule has 3 aromatic rings. The largest absolute Gasteiger partial charge is 0.481 e. The van der Waals surface area contributed by atoms with E-state index in [1.54, 1.807) is 43.3 Å². The summed E-state index contributed by atoms with van der Waals surface area (Å²) in [5.74, 6) is 1.91. The van der Waals surface area contributed by atoms with Crippen LogP contribution in [-0.4, -0.2) is 22.2 Å². The van der Waals surface area contributed by atoms with Crippen LogP contribution in [0.5, 0.6) is 5.75 Å². The second-order valence-corrected chi connectivity index (χ2v) is 6.96. The summed E-state index contributed by atoms with van der Waals surface area (Å²) in [4.78, 5) is 16.9. The third-order valence-electron chi connectivity index (χ3n) is 4.24. The lowest BCUT2D eigenvalue weighted by Crippen LogP contribution is -2.30. The number of nitrogens with one attached hydrogen (secondary N) is 1. The number of aromatic nitrogens is 2. The zero-order valence-electron chi connectivity index (χ0n) is 14.7. The van der Waals surface area contributed by atoms with Gasteiger partial charge in [-0.1, -0.05) is 28.9 Å². The Morgan fingerprint density at radius 3 is 2.85 bits per heavy atom. The van der Waals surface area contributed by atoms with Crippen molar-refractivity contribution >= 4 is 23.2 Å². The van der Waals surface area contributed by atoms with Crippen LogP contribution in [0.3, 0.4) is 0 Å². The number of hydrogen-bond donors (Lipinski definition) is 1. The van der Waals surface area contributed by atoms with Gasteiger partial charge in [0.1, 0.15) is 5.75 Å². The van der Waals surface area contributed by atoms with Crippen LogP contribution in [0.25, 0.3) is 11.5 Å². The van der Waals surface area contributed by atoms with Gasteiger partial charge >= 0.3 is 0 Å². The maximum Gasteiger partial charge on any atom is 0.265 e. The van der Waals surface area contributed by atoms with E-state index in [1.165, 1.54) is 0 Å². The highest BCUT2D eigenvalue weighted by molar-refractivity contribution is 6.30. The van der Waals surface area contributed by atoms with Gasteiger partial charge in [-0.3, -0.25) is 4.79 Å². The van der Waals surface area contributed by atoms with E-state index in [-0.39, 0.29) is 5.91 Å². The van der Waals surface area contributed by atoms with Gasteiger partial charge in [-0.15, -0.1) is 0 Å². The highest BCUT2D eigenvalue weighted by atomic mass is 35.5. The number of carbonyl (C=O) groups is 1. The molecule has 1 atom stereocenters. The Labute approximate surface area is 161 Å². The molecule has 1 fully saturated rings. The Morgan fingerprint density at radius 1 is 1.26 bits per heavy atom. The first-order valence-electron chi connectivity index (χ1n) is 8.75. The van der Waals surface area contributed by atoms with Crippen LogP contribution in [0.15, 0.2) is 53.1 Å². The normalized spacial score (nSPS) is 14.6. The number of benzene rings is 2. The molecule has 2 aromatic carbocycles. The van der Waals surface area contributed by atoms with E-state index in [2.05, 4.69) is 15.5 Å². The summed E-state index contributed by atoms with van der Waals surface area (Å²) in [7, 11) is 0. The van der Waals surface area contributed by atoms with Gasteiger partial charge in [-0.2, -0.15) is 4.98 Å². The minimum Gasteiger partial charge on any atom is -0.481 e. The Balaban J connectivity index is 1.43. The number of nitrogens with zero attached hydrogens (tertiary/aromatic N) is 2. The molecule has 1 heterocycles. The third-order valence-corrected chi connectivity index (χ3v) is 4.47. The van der Waals surface area contributed by atoms with E-state index >= 15 is 0 Å². The van der Waals surface area contributed by atoms with Crippen molar-refractivity contribution in [3.63, 3.8) is 0 Å². The molecule has 0 aliphatic heterocycles. The van der Waals surface area contributed by atoms with Gasteiger partial charge < -0.3 is 14.6 Å².